The maximum absolute atomic E-state index is 11.2. The minimum absolute atomic E-state index is 0.505. The normalized spacial score (nSPS) is 11.9. The zero-order chi connectivity index (χ0) is 15.0. The molecule has 20 heavy (non-hydrogen) atoms. The molecule has 0 aliphatic carbocycles. The van der Waals surface area contributed by atoms with E-state index in [1.165, 1.54) is 5.69 Å². The van der Waals surface area contributed by atoms with Gasteiger partial charge in [0.15, 0.2) is 0 Å². The summed E-state index contributed by atoms with van der Waals surface area (Å²) in [6.07, 6.45) is 2.58. The number of hydrogen-bond donors (Lipinski definition) is 2. The van der Waals surface area contributed by atoms with Crippen molar-refractivity contribution in [3.63, 3.8) is 0 Å². The lowest BCUT2D eigenvalue weighted by Crippen LogP contribution is -2.29. The fraction of sp³-hybridized carbons (Fsp3) is 0.562. The maximum Gasteiger partial charge on any atom is 0.326 e. The monoisotopic (exact) mass is 278 g/mol. The molecule has 0 aromatic heterocycles. The molecule has 4 nitrogen and oxygen atoms in total. The Kier molecular flexibility index (Phi) is 6.91. The van der Waals surface area contributed by atoms with Gasteiger partial charge >= 0.3 is 5.97 Å². The van der Waals surface area contributed by atoms with Crippen molar-refractivity contribution in [3.05, 3.63) is 24.3 Å². The van der Waals surface area contributed by atoms with Crippen LogP contribution in [0.3, 0.4) is 0 Å². The molecule has 2 N–H and O–H groups in total. The number of unbranched alkanes of at least 4 members (excludes halogenated alkanes) is 1. The van der Waals surface area contributed by atoms with E-state index < -0.39 is 12.0 Å². The first-order valence-corrected chi connectivity index (χ1v) is 7.46. The predicted molar refractivity (Wildman–Crippen MR) is 84.6 cm³/mol. The average Bonchev–Trinajstić information content (AvgIpc) is 2.46. The van der Waals surface area contributed by atoms with Crippen LogP contribution in [0.25, 0.3) is 0 Å². The summed E-state index contributed by atoms with van der Waals surface area (Å²) in [5, 5.41) is 12.3. The summed E-state index contributed by atoms with van der Waals surface area (Å²) in [4.78, 5) is 13.5. The minimum atomic E-state index is -0.786. The number of benzene rings is 1. The van der Waals surface area contributed by atoms with Gasteiger partial charge in [0.2, 0.25) is 0 Å². The predicted octanol–water partition coefficient (Wildman–Crippen LogP) is 3.59. The molecule has 1 aromatic rings. The molecule has 0 spiro atoms. The van der Waals surface area contributed by atoms with Crippen LogP contribution in [-0.4, -0.2) is 30.2 Å². The lowest BCUT2D eigenvalue weighted by atomic mass is 10.1. The highest BCUT2D eigenvalue weighted by atomic mass is 16.4. The van der Waals surface area contributed by atoms with Gasteiger partial charge in [0.05, 0.1) is 0 Å². The van der Waals surface area contributed by atoms with Crippen LogP contribution in [0.4, 0.5) is 11.4 Å². The lowest BCUT2D eigenvalue weighted by Gasteiger charge is -2.22. The van der Waals surface area contributed by atoms with Crippen molar-refractivity contribution in [1.82, 2.24) is 0 Å². The van der Waals surface area contributed by atoms with E-state index in [4.69, 9.17) is 0 Å². The lowest BCUT2D eigenvalue weighted by molar-refractivity contribution is -0.138. The summed E-state index contributed by atoms with van der Waals surface area (Å²) < 4.78 is 0. The fourth-order valence-electron chi connectivity index (χ4n) is 2.22. The third-order valence-corrected chi connectivity index (χ3v) is 3.48. The van der Waals surface area contributed by atoms with Gasteiger partial charge in [-0.3, -0.25) is 0 Å². The van der Waals surface area contributed by atoms with E-state index in [1.54, 1.807) is 0 Å². The van der Waals surface area contributed by atoms with Gasteiger partial charge in [0.25, 0.3) is 0 Å². The molecular weight excluding hydrogens is 252 g/mol. The van der Waals surface area contributed by atoms with Crippen molar-refractivity contribution in [2.45, 2.75) is 46.1 Å². The summed E-state index contributed by atoms with van der Waals surface area (Å²) in [5.74, 6) is -0.786. The number of nitrogens with one attached hydrogen (secondary N) is 1. The highest BCUT2D eigenvalue weighted by Gasteiger charge is 2.16. The molecule has 112 valence electrons. The molecule has 0 fully saturated rings. The first-order chi connectivity index (χ1) is 9.62. The smallest absolute Gasteiger partial charge is 0.326 e. The van der Waals surface area contributed by atoms with Gasteiger partial charge in [-0.25, -0.2) is 4.79 Å². The molecule has 0 heterocycles. The van der Waals surface area contributed by atoms with Gasteiger partial charge in [-0.1, -0.05) is 19.8 Å². The summed E-state index contributed by atoms with van der Waals surface area (Å²) >= 11 is 0. The number of aliphatic carboxylic acids is 1. The number of hydrogen-bond acceptors (Lipinski definition) is 3. The molecule has 1 unspecified atom stereocenters. The molecule has 0 aliphatic rings. The van der Waals surface area contributed by atoms with Crippen molar-refractivity contribution in [1.29, 1.82) is 0 Å². The average molecular weight is 278 g/mol. The molecule has 1 aromatic carbocycles. The van der Waals surface area contributed by atoms with Gasteiger partial charge in [0.1, 0.15) is 6.04 Å². The molecule has 0 amide bonds. The van der Waals surface area contributed by atoms with E-state index in [1.807, 2.05) is 24.3 Å². The largest absolute Gasteiger partial charge is 0.480 e. The van der Waals surface area contributed by atoms with Crippen LogP contribution in [0.2, 0.25) is 0 Å². The SMILES string of the molecule is CCCCC(Nc1ccc(N(CC)CC)cc1)C(=O)O. The minimum Gasteiger partial charge on any atom is -0.480 e. The Labute approximate surface area is 121 Å². The number of carbonyl (C=O) groups is 1. The van der Waals surface area contributed by atoms with E-state index in [0.717, 1.165) is 31.6 Å². The third-order valence-electron chi connectivity index (χ3n) is 3.48. The van der Waals surface area contributed by atoms with Crippen LogP contribution in [0, 0.1) is 0 Å². The Morgan fingerprint density at radius 3 is 2.25 bits per heavy atom. The standard InChI is InChI=1S/C16H26N2O2/c1-4-7-8-15(16(19)20)17-13-9-11-14(12-10-13)18(5-2)6-3/h9-12,15,17H,4-8H2,1-3H3,(H,19,20). The quantitative estimate of drug-likeness (QED) is 0.725. The van der Waals surface area contributed by atoms with Crippen LogP contribution in [0.1, 0.15) is 40.0 Å². The summed E-state index contributed by atoms with van der Waals surface area (Å²) in [6, 6.07) is 7.47. The Morgan fingerprint density at radius 2 is 1.80 bits per heavy atom. The van der Waals surface area contributed by atoms with Crippen LogP contribution in [-0.2, 0) is 4.79 Å². The Morgan fingerprint density at radius 1 is 1.20 bits per heavy atom. The summed E-state index contributed by atoms with van der Waals surface area (Å²) in [6.45, 7) is 8.26. The van der Waals surface area contributed by atoms with E-state index in [9.17, 15) is 9.90 Å². The molecule has 0 aliphatic heterocycles. The van der Waals surface area contributed by atoms with Crippen LogP contribution in [0.5, 0.6) is 0 Å². The van der Waals surface area contributed by atoms with E-state index >= 15 is 0 Å². The first kappa shape index (κ1) is 16.3. The van der Waals surface area contributed by atoms with Gasteiger partial charge < -0.3 is 15.3 Å². The van der Waals surface area contributed by atoms with Crippen LogP contribution < -0.4 is 10.2 Å². The maximum atomic E-state index is 11.2. The number of nitrogens with zero attached hydrogens (tertiary/aromatic N) is 1. The Bertz CT molecular complexity index is 399. The molecule has 0 radical (unpaired) electrons. The second-order valence-electron chi connectivity index (χ2n) is 4.90. The molecule has 1 atom stereocenters. The topological polar surface area (TPSA) is 52.6 Å². The molecule has 0 saturated heterocycles. The zero-order valence-electron chi connectivity index (χ0n) is 12.7. The van der Waals surface area contributed by atoms with Crippen LogP contribution in [0.15, 0.2) is 24.3 Å². The van der Waals surface area contributed by atoms with E-state index in [-0.39, 0.29) is 0 Å². The number of carboxylic acid groups (broad SMARTS) is 1. The van der Waals surface area contributed by atoms with Crippen LogP contribution >= 0.6 is 0 Å². The second-order valence-corrected chi connectivity index (χ2v) is 4.90. The van der Waals surface area contributed by atoms with Crippen molar-refractivity contribution in [2.75, 3.05) is 23.3 Å². The van der Waals surface area contributed by atoms with Crippen molar-refractivity contribution in [3.8, 4) is 0 Å². The highest BCUT2D eigenvalue weighted by molar-refractivity contribution is 5.77. The van der Waals surface area contributed by atoms with Crippen molar-refractivity contribution >= 4 is 17.3 Å². The number of carboxylic acids is 1. The second kappa shape index (κ2) is 8.46. The zero-order valence-corrected chi connectivity index (χ0v) is 12.7. The van der Waals surface area contributed by atoms with E-state index in [2.05, 4.69) is 31.0 Å². The summed E-state index contributed by atoms with van der Waals surface area (Å²) in [7, 11) is 0. The Balaban J connectivity index is 2.69. The van der Waals surface area contributed by atoms with Crippen molar-refractivity contribution in [2.24, 2.45) is 0 Å². The van der Waals surface area contributed by atoms with Gasteiger partial charge in [0, 0.05) is 24.5 Å². The number of rotatable bonds is 9. The van der Waals surface area contributed by atoms with Crippen molar-refractivity contribution < 1.29 is 9.90 Å². The molecule has 0 bridgehead atoms. The van der Waals surface area contributed by atoms with E-state index in [0.29, 0.717) is 6.42 Å². The highest BCUT2D eigenvalue weighted by Crippen LogP contribution is 2.19. The molecule has 4 heteroatoms. The van der Waals surface area contributed by atoms with Gasteiger partial charge in [-0.05, 0) is 44.5 Å². The Hall–Kier alpha value is -1.71. The summed E-state index contributed by atoms with van der Waals surface area (Å²) in [5.41, 5.74) is 2.03. The first-order valence-electron chi connectivity index (χ1n) is 7.46. The fourth-order valence-corrected chi connectivity index (χ4v) is 2.22. The third kappa shape index (κ3) is 4.76. The van der Waals surface area contributed by atoms with Gasteiger partial charge in [-0.2, -0.15) is 0 Å². The molecule has 0 saturated carbocycles. The number of anilines is 2. The molecular formula is C16H26N2O2. The molecule has 1 rings (SSSR count). The van der Waals surface area contributed by atoms with Gasteiger partial charge in [-0.15, -0.1) is 0 Å².